The van der Waals surface area contributed by atoms with Crippen LogP contribution >= 0.6 is 11.6 Å². The molecule has 96 valence electrons. The molecule has 0 fully saturated rings. The first-order chi connectivity index (χ1) is 8.70. The van der Waals surface area contributed by atoms with Crippen molar-refractivity contribution in [3.05, 3.63) is 40.4 Å². The molecule has 0 spiro atoms. The van der Waals surface area contributed by atoms with Gasteiger partial charge in [0.05, 0.1) is 5.56 Å². The van der Waals surface area contributed by atoms with Crippen LogP contribution in [-0.4, -0.2) is 17.8 Å². The topological polar surface area (TPSA) is 38.7 Å². The minimum atomic E-state index is -0.981. The largest absolute Gasteiger partial charge is 0.488 e. The molecule has 0 amide bonds. The SMILES string of the molecule is CCOC(O)c1cc(Cl)cc2c1O[C@@H]1CC=C[C@H]21. The van der Waals surface area contributed by atoms with Gasteiger partial charge in [0.15, 0.2) is 6.29 Å². The third kappa shape index (κ3) is 1.83. The molecule has 2 aliphatic rings. The van der Waals surface area contributed by atoms with E-state index in [1.807, 2.05) is 13.0 Å². The van der Waals surface area contributed by atoms with E-state index in [9.17, 15) is 5.11 Å². The molecule has 1 aliphatic heterocycles. The van der Waals surface area contributed by atoms with Gasteiger partial charge in [-0.3, -0.25) is 0 Å². The Morgan fingerprint density at radius 1 is 1.56 bits per heavy atom. The smallest absolute Gasteiger partial charge is 0.184 e. The predicted octanol–water partition coefficient (Wildman–Crippen LogP) is 3.17. The second-order valence-corrected chi connectivity index (χ2v) is 5.00. The highest BCUT2D eigenvalue weighted by Crippen LogP contribution is 2.48. The summed E-state index contributed by atoms with van der Waals surface area (Å²) in [5.74, 6) is 0.992. The lowest BCUT2D eigenvalue weighted by atomic mass is 9.97. The molecule has 1 aromatic carbocycles. The standard InChI is InChI=1S/C14H15ClO3/c1-2-17-14(16)11-7-8(15)6-10-9-4-3-5-12(9)18-13(10)11/h3-4,6-7,9,12,14,16H,2,5H2,1H3/t9-,12-,14?/m1/s1. The van der Waals surface area contributed by atoms with Crippen LogP contribution in [0, 0.1) is 0 Å². The summed E-state index contributed by atoms with van der Waals surface area (Å²) in [6.45, 7) is 2.28. The fourth-order valence-electron chi connectivity index (χ4n) is 2.66. The number of fused-ring (bicyclic) bond motifs is 3. The Kier molecular flexibility index (Phi) is 3.06. The molecule has 1 N–H and O–H groups in total. The van der Waals surface area contributed by atoms with E-state index in [0.717, 1.165) is 17.7 Å². The highest BCUT2D eigenvalue weighted by molar-refractivity contribution is 6.30. The Balaban J connectivity index is 2.04. The normalized spacial score (nSPS) is 25.7. The van der Waals surface area contributed by atoms with E-state index in [0.29, 0.717) is 17.2 Å². The first kappa shape index (κ1) is 12.0. The maximum absolute atomic E-state index is 9.99. The van der Waals surface area contributed by atoms with E-state index in [1.165, 1.54) is 0 Å². The molecule has 0 bridgehead atoms. The first-order valence-electron chi connectivity index (χ1n) is 6.17. The zero-order valence-electron chi connectivity index (χ0n) is 10.1. The van der Waals surface area contributed by atoms with Crippen molar-refractivity contribution in [3.63, 3.8) is 0 Å². The van der Waals surface area contributed by atoms with Gasteiger partial charge in [-0.2, -0.15) is 0 Å². The van der Waals surface area contributed by atoms with E-state index >= 15 is 0 Å². The van der Waals surface area contributed by atoms with Crippen molar-refractivity contribution >= 4 is 11.6 Å². The van der Waals surface area contributed by atoms with Gasteiger partial charge in [-0.05, 0) is 19.1 Å². The third-order valence-electron chi connectivity index (χ3n) is 3.44. The summed E-state index contributed by atoms with van der Waals surface area (Å²) in [6.07, 6.45) is 4.33. The average molecular weight is 267 g/mol. The minimum Gasteiger partial charge on any atom is -0.488 e. The molecule has 0 aromatic heterocycles. The van der Waals surface area contributed by atoms with Crippen LogP contribution in [0.3, 0.4) is 0 Å². The van der Waals surface area contributed by atoms with E-state index in [4.69, 9.17) is 21.1 Å². The first-order valence-corrected chi connectivity index (χ1v) is 6.55. The lowest BCUT2D eigenvalue weighted by Crippen LogP contribution is -2.12. The minimum absolute atomic E-state index is 0.144. The number of aliphatic hydroxyl groups is 1. The molecule has 0 radical (unpaired) electrons. The van der Waals surface area contributed by atoms with Crippen LogP contribution in [0.4, 0.5) is 0 Å². The molecular formula is C14H15ClO3. The lowest BCUT2D eigenvalue weighted by molar-refractivity contribution is -0.0991. The summed E-state index contributed by atoms with van der Waals surface area (Å²) in [6, 6.07) is 3.63. The zero-order chi connectivity index (χ0) is 12.7. The van der Waals surface area contributed by atoms with Gasteiger partial charge in [0.25, 0.3) is 0 Å². The quantitative estimate of drug-likeness (QED) is 0.675. The molecule has 1 aliphatic carbocycles. The predicted molar refractivity (Wildman–Crippen MR) is 69.0 cm³/mol. The van der Waals surface area contributed by atoms with Crippen molar-refractivity contribution in [2.75, 3.05) is 6.61 Å². The van der Waals surface area contributed by atoms with Crippen LogP contribution in [0.1, 0.15) is 36.7 Å². The summed E-state index contributed by atoms with van der Waals surface area (Å²) in [5.41, 5.74) is 1.68. The summed E-state index contributed by atoms with van der Waals surface area (Å²) >= 11 is 6.12. The van der Waals surface area contributed by atoms with Crippen molar-refractivity contribution in [3.8, 4) is 5.75 Å². The molecule has 0 saturated heterocycles. The van der Waals surface area contributed by atoms with Crippen LogP contribution < -0.4 is 4.74 Å². The van der Waals surface area contributed by atoms with Crippen molar-refractivity contribution in [1.82, 2.24) is 0 Å². The Labute approximate surface area is 111 Å². The third-order valence-corrected chi connectivity index (χ3v) is 3.66. The monoisotopic (exact) mass is 266 g/mol. The molecule has 1 aromatic rings. The van der Waals surface area contributed by atoms with Gasteiger partial charge < -0.3 is 14.6 Å². The van der Waals surface area contributed by atoms with E-state index in [-0.39, 0.29) is 12.0 Å². The molecule has 1 unspecified atom stereocenters. The van der Waals surface area contributed by atoms with Gasteiger partial charge in [0.1, 0.15) is 11.9 Å². The molecule has 3 atom stereocenters. The van der Waals surface area contributed by atoms with Crippen molar-refractivity contribution in [2.24, 2.45) is 0 Å². The zero-order valence-corrected chi connectivity index (χ0v) is 10.9. The maximum Gasteiger partial charge on any atom is 0.184 e. The number of rotatable bonds is 3. The molecule has 4 heteroatoms. The van der Waals surface area contributed by atoms with Gasteiger partial charge in [-0.1, -0.05) is 23.8 Å². The fourth-order valence-corrected chi connectivity index (χ4v) is 2.89. The van der Waals surface area contributed by atoms with Crippen LogP contribution in [0.2, 0.25) is 5.02 Å². The molecule has 3 rings (SSSR count). The summed E-state index contributed by atoms with van der Waals surface area (Å²) in [5, 5.41) is 10.6. The van der Waals surface area contributed by atoms with E-state index < -0.39 is 6.29 Å². The second-order valence-electron chi connectivity index (χ2n) is 4.57. The Morgan fingerprint density at radius 3 is 3.17 bits per heavy atom. The summed E-state index contributed by atoms with van der Waals surface area (Å²) in [4.78, 5) is 0. The second kappa shape index (κ2) is 4.57. The van der Waals surface area contributed by atoms with Crippen molar-refractivity contribution in [1.29, 1.82) is 0 Å². The lowest BCUT2D eigenvalue weighted by Gasteiger charge is -2.15. The number of hydrogen-bond donors (Lipinski definition) is 1. The van der Waals surface area contributed by atoms with E-state index in [1.54, 1.807) is 6.07 Å². The Morgan fingerprint density at radius 2 is 2.39 bits per heavy atom. The van der Waals surface area contributed by atoms with Crippen LogP contribution in [-0.2, 0) is 4.74 Å². The summed E-state index contributed by atoms with van der Waals surface area (Å²) < 4.78 is 11.2. The van der Waals surface area contributed by atoms with Crippen LogP contribution in [0.15, 0.2) is 24.3 Å². The number of benzene rings is 1. The Bertz CT molecular complexity index is 498. The highest BCUT2D eigenvalue weighted by atomic mass is 35.5. The maximum atomic E-state index is 9.99. The molecule has 1 heterocycles. The van der Waals surface area contributed by atoms with Gasteiger partial charge in [0.2, 0.25) is 0 Å². The van der Waals surface area contributed by atoms with E-state index in [2.05, 4.69) is 12.2 Å². The molecule has 18 heavy (non-hydrogen) atoms. The van der Waals surface area contributed by atoms with Crippen LogP contribution in [0.5, 0.6) is 5.75 Å². The highest BCUT2D eigenvalue weighted by Gasteiger charge is 2.37. The molecule has 0 saturated carbocycles. The van der Waals surface area contributed by atoms with Crippen LogP contribution in [0.25, 0.3) is 0 Å². The van der Waals surface area contributed by atoms with Crippen molar-refractivity contribution in [2.45, 2.75) is 31.7 Å². The molecular weight excluding hydrogens is 252 g/mol. The Hall–Kier alpha value is -1.03. The van der Waals surface area contributed by atoms with Gasteiger partial charge in [-0.25, -0.2) is 0 Å². The number of ether oxygens (including phenoxy) is 2. The number of aliphatic hydroxyl groups excluding tert-OH is 1. The molecule has 3 nitrogen and oxygen atoms in total. The number of hydrogen-bond acceptors (Lipinski definition) is 3. The fraction of sp³-hybridized carbons (Fsp3) is 0.429. The van der Waals surface area contributed by atoms with Gasteiger partial charge >= 0.3 is 0 Å². The number of halogens is 1. The van der Waals surface area contributed by atoms with Crippen molar-refractivity contribution < 1.29 is 14.6 Å². The van der Waals surface area contributed by atoms with Gasteiger partial charge in [-0.15, -0.1) is 0 Å². The average Bonchev–Trinajstić information content (AvgIpc) is 2.89. The summed E-state index contributed by atoms with van der Waals surface area (Å²) in [7, 11) is 0. The van der Waals surface area contributed by atoms with Gasteiger partial charge in [0, 0.05) is 29.5 Å².